The summed E-state index contributed by atoms with van der Waals surface area (Å²) in [5.74, 6) is 0. The second-order valence-corrected chi connectivity index (χ2v) is 10.5. The van der Waals surface area contributed by atoms with E-state index in [1.807, 2.05) is 43.1 Å². The van der Waals surface area contributed by atoms with Crippen LogP contribution >= 0.6 is 0 Å². The zero-order valence-electron chi connectivity index (χ0n) is 24.0. The lowest BCUT2D eigenvalue weighted by Crippen LogP contribution is -2.23. The molecule has 0 spiro atoms. The molecule has 0 saturated carbocycles. The Bertz CT molecular complexity index is 2050. The van der Waals surface area contributed by atoms with Crippen molar-refractivity contribution < 1.29 is 4.57 Å². The molecule has 5 heteroatoms. The summed E-state index contributed by atoms with van der Waals surface area (Å²) in [4.78, 5) is 4.19. The maximum atomic E-state index is 4.19. The predicted octanol–water partition coefficient (Wildman–Crippen LogP) is 7.98. The molecule has 0 fully saturated rings. The van der Waals surface area contributed by atoms with Crippen LogP contribution in [-0.2, 0) is 7.05 Å². The van der Waals surface area contributed by atoms with Gasteiger partial charge in [0.15, 0.2) is 0 Å². The van der Waals surface area contributed by atoms with Gasteiger partial charge in [0.05, 0.1) is 23.6 Å². The van der Waals surface area contributed by atoms with Gasteiger partial charge in [-0.3, -0.25) is 4.99 Å². The highest BCUT2D eigenvalue weighted by atomic mass is 15.1. The van der Waals surface area contributed by atoms with Crippen molar-refractivity contribution in [2.75, 3.05) is 7.05 Å². The van der Waals surface area contributed by atoms with Gasteiger partial charge in [-0.2, -0.15) is 0 Å². The molecular weight excluding hydrogens is 502 g/mol. The van der Waals surface area contributed by atoms with Crippen molar-refractivity contribution in [3.63, 3.8) is 0 Å². The number of allylic oxidation sites excluding steroid dienone is 5. The molecule has 3 heterocycles. The zero-order valence-corrected chi connectivity index (χ0v) is 24.0. The van der Waals surface area contributed by atoms with Gasteiger partial charge in [0, 0.05) is 52.1 Å². The molecule has 5 nitrogen and oxygen atoms in total. The van der Waals surface area contributed by atoms with Gasteiger partial charge in [-0.15, -0.1) is 0 Å². The fourth-order valence-electron chi connectivity index (χ4n) is 5.71. The van der Waals surface area contributed by atoms with Crippen molar-refractivity contribution in [3.8, 4) is 11.4 Å². The lowest BCUT2D eigenvalue weighted by molar-refractivity contribution is -0.670. The third-order valence-corrected chi connectivity index (χ3v) is 7.62. The summed E-state index contributed by atoms with van der Waals surface area (Å²) in [5, 5.41) is 3.58. The molecule has 3 aromatic carbocycles. The molecule has 0 amide bonds. The lowest BCUT2D eigenvalue weighted by Gasteiger charge is -2.10. The van der Waals surface area contributed by atoms with Crippen LogP contribution in [0.4, 0.5) is 0 Å². The van der Waals surface area contributed by atoms with Gasteiger partial charge in [0.1, 0.15) is 18.1 Å². The lowest BCUT2D eigenvalue weighted by atomic mass is 10.1. The van der Waals surface area contributed by atoms with Gasteiger partial charge in [0.25, 0.3) is 0 Å². The number of imidazole rings is 1. The van der Waals surface area contributed by atoms with Gasteiger partial charge in [-0.25, -0.2) is 9.13 Å². The molecule has 0 saturated heterocycles. The number of para-hydroxylation sites is 1. The minimum Gasteiger partial charge on any atom is -0.313 e. The third-order valence-electron chi connectivity index (χ3n) is 7.62. The Morgan fingerprint density at radius 2 is 1.66 bits per heavy atom. The summed E-state index contributed by atoms with van der Waals surface area (Å²) in [5.41, 5.74) is 10.0. The SMILES string of the molecule is C=CC(=CC=NC)n1c2ccccc2c2cc3c(cc21)c(C=CC(=C)C)c(C)n3-c1ccc(-n2cc[n+](C)c2)cc1. The molecule has 0 atom stereocenters. The molecule has 0 radical (unpaired) electrons. The third kappa shape index (κ3) is 4.45. The summed E-state index contributed by atoms with van der Waals surface area (Å²) in [6.45, 7) is 12.5. The minimum atomic E-state index is 0.977. The highest BCUT2D eigenvalue weighted by Crippen LogP contribution is 2.39. The normalized spacial score (nSPS) is 12.5. The van der Waals surface area contributed by atoms with Crippen LogP contribution in [0.1, 0.15) is 18.2 Å². The maximum absolute atomic E-state index is 4.19. The number of rotatable bonds is 7. The molecular formula is C36H34N5+. The van der Waals surface area contributed by atoms with Crippen LogP contribution in [-0.4, -0.2) is 27.0 Å². The van der Waals surface area contributed by atoms with E-state index < -0.39 is 0 Å². The van der Waals surface area contributed by atoms with E-state index in [1.165, 1.54) is 32.9 Å². The molecule has 41 heavy (non-hydrogen) atoms. The van der Waals surface area contributed by atoms with Crippen LogP contribution in [0.5, 0.6) is 0 Å². The maximum Gasteiger partial charge on any atom is 0.248 e. The van der Waals surface area contributed by atoms with Crippen LogP contribution in [0, 0.1) is 6.92 Å². The predicted molar refractivity (Wildman–Crippen MR) is 174 cm³/mol. The van der Waals surface area contributed by atoms with E-state index in [0.29, 0.717) is 0 Å². The Hall–Kier alpha value is -5.16. The van der Waals surface area contributed by atoms with Gasteiger partial charge >= 0.3 is 0 Å². The van der Waals surface area contributed by atoms with Crippen LogP contribution in [0.15, 0.2) is 121 Å². The molecule has 3 aromatic heterocycles. The topological polar surface area (TPSA) is 31.0 Å². The van der Waals surface area contributed by atoms with Crippen molar-refractivity contribution >= 4 is 50.7 Å². The van der Waals surface area contributed by atoms with E-state index >= 15 is 0 Å². The first-order valence-electron chi connectivity index (χ1n) is 13.7. The summed E-state index contributed by atoms with van der Waals surface area (Å²) in [6, 6.07) is 22.0. The van der Waals surface area contributed by atoms with Crippen molar-refractivity contribution in [3.05, 3.63) is 128 Å². The summed E-state index contributed by atoms with van der Waals surface area (Å²) in [6.07, 6.45) is 16.2. The van der Waals surface area contributed by atoms with E-state index in [1.54, 1.807) is 7.05 Å². The quantitative estimate of drug-likeness (QED) is 0.113. The molecule has 202 valence electrons. The van der Waals surface area contributed by atoms with E-state index in [2.05, 4.69) is 124 Å². The van der Waals surface area contributed by atoms with E-state index in [4.69, 9.17) is 0 Å². The fraction of sp³-hybridized carbons (Fsp3) is 0.111. The van der Waals surface area contributed by atoms with Crippen LogP contribution < -0.4 is 4.57 Å². The van der Waals surface area contributed by atoms with Crippen molar-refractivity contribution in [1.29, 1.82) is 0 Å². The second-order valence-electron chi connectivity index (χ2n) is 10.5. The second kappa shape index (κ2) is 10.4. The van der Waals surface area contributed by atoms with Crippen molar-refractivity contribution in [2.24, 2.45) is 12.0 Å². The average molecular weight is 537 g/mol. The first-order chi connectivity index (χ1) is 19.9. The Morgan fingerprint density at radius 1 is 0.927 bits per heavy atom. The Labute approximate surface area is 240 Å². The molecule has 0 aliphatic carbocycles. The van der Waals surface area contributed by atoms with E-state index in [-0.39, 0.29) is 0 Å². The van der Waals surface area contributed by atoms with Crippen molar-refractivity contribution in [1.82, 2.24) is 13.7 Å². The Morgan fingerprint density at radius 3 is 2.34 bits per heavy atom. The first-order valence-corrected chi connectivity index (χ1v) is 13.7. The van der Waals surface area contributed by atoms with Crippen LogP contribution in [0.2, 0.25) is 0 Å². The Kier molecular flexibility index (Phi) is 6.64. The highest BCUT2D eigenvalue weighted by Gasteiger charge is 2.19. The molecule has 6 aromatic rings. The molecule has 0 aliphatic rings. The van der Waals surface area contributed by atoms with Gasteiger partial charge in [-0.1, -0.05) is 49.1 Å². The van der Waals surface area contributed by atoms with Crippen LogP contribution in [0.3, 0.4) is 0 Å². The summed E-state index contributed by atoms with van der Waals surface area (Å²) in [7, 11) is 3.81. The largest absolute Gasteiger partial charge is 0.313 e. The monoisotopic (exact) mass is 536 g/mol. The minimum absolute atomic E-state index is 0.977. The number of fused-ring (bicyclic) bond motifs is 4. The smallest absolute Gasteiger partial charge is 0.248 e. The molecule has 0 aliphatic heterocycles. The van der Waals surface area contributed by atoms with Gasteiger partial charge in [0.2, 0.25) is 6.33 Å². The fourth-order valence-corrected chi connectivity index (χ4v) is 5.71. The number of aliphatic imine (C=N–C) groups is 1. The number of nitrogens with zero attached hydrogens (tertiary/aromatic N) is 5. The number of hydrogen-bond acceptors (Lipinski definition) is 1. The Balaban J connectivity index is 1.67. The number of benzene rings is 3. The highest BCUT2D eigenvalue weighted by molar-refractivity contribution is 6.15. The van der Waals surface area contributed by atoms with Crippen LogP contribution in [0.25, 0.3) is 55.9 Å². The van der Waals surface area contributed by atoms with E-state index in [0.717, 1.165) is 33.7 Å². The first kappa shape index (κ1) is 26.1. The van der Waals surface area contributed by atoms with E-state index in [9.17, 15) is 0 Å². The molecule has 0 bridgehead atoms. The summed E-state index contributed by atoms with van der Waals surface area (Å²) >= 11 is 0. The zero-order chi connectivity index (χ0) is 28.7. The van der Waals surface area contributed by atoms with Crippen molar-refractivity contribution in [2.45, 2.75) is 13.8 Å². The standard InChI is InChI=1S/C36H34N5/c1-7-27(18-19-37-5)41-34-11-9-8-10-31(34)33-23-35-32(22-36(33)41)30(17-12-25(2)3)26(4)40(35)29-15-13-28(14-16-29)39-21-20-38(6)24-39/h7-24H,1-2H2,3-6H3/q+1. The molecule has 0 unspecified atom stereocenters. The summed E-state index contributed by atoms with van der Waals surface area (Å²) < 4.78 is 8.81. The number of aromatic nitrogens is 4. The number of aryl methyl sites for hydroxylation is 1. The molecule has 0 N–H and O–H groups in total. The molecule has 6 rings (SSSR count). The number of hydrogen-bond donors (Lipinski definition) is 0. The van der Waals surface area contributed by atoms with Gasteiger partial charge < -0.3 is 9.13 Å². The average Bonchev–Trinajstić information content (AvgIpc) is 3.63. The van der Waals surface area contributed by atoms with Gasteiger partial charge in [-0.05, 0) is 68.5 Å².